The number of hydrogen-bond acceptors (Lipinski definition) is 0. The normalized spacial score (nSPS) is 8.25. The molecule has 12 heavy (non-hydrogen) atoms. The van der Waals surface area contributed by atoms with Crippen molar-refractivity contribution in [2.24, 2.45) is 0 Å². The summed E-state index contributed by atoms with van der Waals surface area (Å²) < 4.78 is 0. The summed E-state index contributed by atoms with van der Waals surface area (Å²) in [6, 6.07) is 8.32. The van der Waals surface area contributed by atoms with Gasteiger partial charge in [0, 0.05) is 0 Å². The van der Waals surface area contributed by atoms with Crippen LogP contribution in [0.5, 0.6) is 0 Å². The smallest absolute Gasteiger partial charge is 0.0231 e. The summed E-state index contributed by atoms with van der Waals surface area (Å²) in [4.78, 5) is 0. The van der Waals surface area contributed by atoms with Crippen LogP contribution in [0.25, 0.3) is 6.08 Å². The van der Waals surface area contributed by atoms with Gasteiger partial charge < -0.3 is 0 Å². The van der Waals surface area contributed by atoms with Gasteiger partial charge in [-0.05, 0) is 17.5 Å². The van der Waals surface area contributed by atoms with Gasteiger partial charge in [-0.3, -0.25) is 0 Å². The molecule has 0 unspecified atom stereocenters. The molecule has 0 saturated carbocycles. The summed E-state index contributed by atoms with van der Waals surface area (Å²) in [5, 5.41) is 0. The van der Waals surface area contributed by atoms with Gasteiger partial charge in [0.2, 0.25) is 0 Å². The zero-order chi connectivity index (χ0) is 9.40. The lowest BCUT2D eigenvalue weighted by atomic mass is 10.1. The Hall–Kier alpha value is -1.04. The van der Waals surface area contributed by atoms with Gasteiger partial charge in [0.05, 0.1) is 0 Å². The Bertz CT molecular complexity index is 223. The second kappa shape index (κ2) is 6.66. The Kier molecular flexibility index (Phi) is 6.08. The van der Waals surface area contributed by atoms with Crippen LogP contribution >= 0.6 is 0 Å². The van der Waals surface area contributed by atoms with Gasteiger partial charge in [0.15, 0.2) is 0 Å². The summed E-state index contributed by atoms with van der Waals surface area (Å²) in [5.41, 5.74) is 2.63. The van der Waals surface area contributed by atoms with Gasteiger partial charge >= 0.3 is 0 Å². The average Bonchev–Trinajstić information content (AvgIpc) is 2.20. The molecule has 0 atom stereocenters. The van der Waals surface area contributed by atoms with Crippen molar-refractivity contribution in [3.05, 3.63) is 42.0 Å². The van der Waals surface area contributed by atoms with E-state index in [9.17, 15) is 0 Å². The van der Waals surface area contributed by atoms with Gasteiger partial charge in [0.1, 0.15) is 0 Å². The van der Waals surface area contributed by atoms with E-state index in [2.05, 4.69) is 31.7 Å². The SMILES string of the molecule is C=Cc1ccccc1CC.CC. The molecule has 0 nitrogen and oxygen atoms in total. The molecule has 0 aliphatic heterocycles. The first kappa shape index (κ1) is 11.0. The largest absolute Gasteiger partial charge is 0.0985 e. The minimum absolute atomic E-state index is 1.09. The quantitative estimate of drug-likeness (QED) is 0.618. The predicted molar refractivity (Wildman–Crippen MR) is 57.3 cm³/mol. The van der Waals surface area contributed by atoms with Crippen molar-refractivity contribution < 1.29 is 0 Å². The minimum atomic E-state index is 1.09. The number of benzene rings is 1. The second-order valence-corrected chi connectivity index (χ2v) is 2.26. The highest BCUT2D eigenvalue weighted by molar-refractivity contribution is 5.51. The monoisotopic (exact) mass is 162 g/mol. The molecule has 0 fully saturated rings. The molecule has 0 aliphatic rings. The van der Waals surface area contributed by atoms with Crippen LogP contribution in [0, 0.1) is 0 Å². The summed E-state index contributed by atoms with van der Waals surface area (Å²) in [6.45, 7) is 9.89. The molecule has 0 N–H and O–H groups in total. The van der Waals surface area contributed by atoms with Crippen molar-refractivity contribution in [1.82, 2.24) is 0 Å². The Balaban J connectivity index is 0.000000561. The van der Waals surface area contributed by atoms with Gasteiger partial charge in [-0.1, -0.05) is 57.7 Å². The molecule has 0 heterocycles. The van der Waals surface area contributed by atoms with Gasteiger partial charge in [-0.25, -0.2) is 0 Å². The highest BCUT2D eigenvalue weighted by atomic mass is 14.0. The van der Waals surface area contributed by atoms with Gasteiger partial charge in [-0.2, -0.15) is 0 Å². The summed E-state index contributed by atoms with van der Waals surface area (Å²) >= 11 is 0. The van der Waals surface area contributed by atoms with Crippen molar-refractivity contribution in [3.63, 3.8) is 0 Å². The van der Waals surface area contributed by atoms with Crippen molar-refractivity contribution >= 4 is 6.08 Å². The molecule has 0 bridgehead atoms. The molecule has 1 rings (SSSR count). The first-order valence-corrected chi connectivity index (χ1v) is 4.58. The van der Waals surface area contributed by atoms with Crippen LogP contribution in [-0.4, -0.2) is 0 Å². The van der Waals surface area contributed by atoms with Gasteiger partial charge in [0.25, 0.3) is 0 Å². The molecule has 0 aromatic heterocycles. The van der Waals surface area contributed by atoms with E-state index in [0.717, 1.165) is 6.42 Å². The van der Waals surface area contributed by atoms with Crippen LogP contribution in [0.3, 0.4) is 0 Å². The van der Waals surface area contributed by atoms with Crippen molar-refractivity contribution in [2.75, 3.05) is 0 Å². The van der Waals surface area contributed by atoms with Crippen LogP contribution in [0.15, 0.2) is 30.8 Å². The Morgan fingerprint density at radius 2 is 1.83 bits per heavy atom. The van der Waals surface area contributed by atoms with Crippen LogP contribution in [0.2, 0.25) is 0 Å². The lowest BCUT2D eigenvalue weighted by Gasteiger charge is -1.99. The second-order valence-electron chi connectivity index (χ2n) is 2.26. The Labute approximate surface area is 75.9 Å². The fourth-order valence-corrected chi connectivity index (χ4v) is 1.06. The average molecular weight is 162 g/mol. The standard InChI is InChI=1S/C10H12.C2H6/c1-3-9-7-5-6-8-10(9)4-2;1-2/h3,5-8H,1,4H2,2H3;1-2H3. The van der Waals surface area contributed by atoms with E-state index in [1.54, 1.807) is 0 Å². The highest BCUT2D eigenvalue weighted by Gasteiger charge is 1.91. The number of rotatable bonds is 2. The molecule has 0 radical (unpaired) electrons. The molecule has 0 saturated heterocycles. The van der Waals surface area contributed by atoms with Crippen LogP contribution in [0.4, 0.5) is 0 Å². The van der Waals surface area contributed by atoms with Gasteiger partial charge in [-0.15, -0.1) is 0 Å². The molecular weight excluding hydrogens is 144 g/mol. The van der Waals surface area contributed by atoms with E-state index < -0.39 is 0 Å². The van der Waals surface area contributed by atoms with Crippen LogP contribution in [-0.2, 0) is 6.42 Å². The maximum atomic E-state index is 3.74. The molecule has 0 amide bonds. The molecule has 0 aliphatic carbocycles. The first-order chi connectivity index (χ1) is 5.88. The zero-order valence-electron chi connectivity index (χ0n) is 8.30. The Morgan fingerprint density at radius 1 is 1.25 bits per heavy atom. The number of aryl methyl sites for hydroxylation is 1. The minimum Gasteiger partial charge on any atom is -0.0985 e. The maximum Gasteiger partial charge on any atom is -0.0231 e. The summed E-state index contributed by atoms with van der Waals surface area (Å²) in [6.07, 6.45) is 2.99. The molecular formula is C12H18. The van der Waals surface area contributed by atoms with E-state index in [1.165, 1.54) is 11.1 Å². The predicted octanol–water partition coefficient (Wildman–Crippen LogP) is 3.92. The van der Waals surface area contributed by atoms with E-state index in [4.69, 9.17) is 0 Å². The topological polar surface area (TPSA) is 0 Å². The van der Waals surface area contributed by atoms with Crippen LogP contribution < -0.4 is 0 Å². The first-order valence-electron chi connectivity index (χ1n) is 4.58. The van der Waals surface area contributed by atoms with Crippen LogP contribution in [0.1, 0.15) is 31.9 Å². The summed E-state index contributed by atoms with van der Waals surface area (Å²) in [5.74, 6) is 0. The maximum absolute atomic E-state index is 3.74. The number of hydrogen-bond donors (Lipinski definition) is 0. The molecule has 0 spiro atoms. The molecule has 1 aromatic rings. The molecule has 66 valence electrons. The van der Waals surface area contributed by atoms with E-state index in [-0.39, 0.29) is 0 Å². The molecule has 0 heteroatoms. The van der Waals surface area contributed by atoms with E-state index >= 15 is 0 Å². The third-order valence-corrected chi connectivity index (χ3v) is 1.66. The van der Waals surface area contributed by atoms with Crippen molar-refractivity contribution in [1.29, 1.82) is 0 Å². The van der Waals surface area contributed by atoms with Crippen molar-refractivity contribution in [3.8, 4) is 0 Å². The Morgan fingerprint density at radius 3 is 2.25 bits per heavy atom. The van der Waals surface area contributed by atoms with E-state index in [1.807, 2.05) is 26.0 Å². The fraction of sp³-hybridized carbons (Fsp3) is 0.333. The zero-order valence-corrected chi connectivity index (χ0v) is 8.30. The lowest BCUT2D eigenvalue weighted by molar-refractivity contribution is 1.13. The molecule has 1 aromatic carbocycles. The van der Waals surface area contributed by atoms with E-state index in [0.29, 0.717) is 0 Å². The highest BCUT2D eigenvalue weighted by Crippen LogP contribution is 2.09. The summed E-state index contributed by atoms with van der Waals surface area (Å²) in [7, 11) is 0. The third-order valence-electron chi connectivity index (χ3n) is 1.66. The lowest BCUT2D eigenvalue weighted by Crippen LogP contribution is -1.83. The van der Waals surface area contributed by atoms with Crippen molar-refractivity contribution in [2.45, 2.75) is 27.2 Å². The fourth-order valence-electron chi connectivity index (χ4n) is 1.06. The third kappa shape index (κ3) is 2.91.